The van der Waals surface area contributed by atoms with Crippen LogP contribution in [-0.2, 0) is 9.53 Å². The molecule has 1 atom stereocenters. The topological polar surface area (TPSA) is 72.7 Å². The molecule has 1 aliphatic rings. The number of esters is 1. The third-order valence-electron chi connectivity index (χ3n) is 4.68. The van der Waals surface area contributed by atoms with Gasteiger partial charge in [-0.15, -0.1) is 0 Å². The van der Waals surface area contributed by atoms with Crippen LogP contribution in [0.25, 0.3) is 0 Å². The van der Waals surface area contributed by atoms with E-state index < -0.39 is 27.7 Å². The van der Waals surface area contributed by atoms with Crippen LogP contribution in [0.15, 0.2) is 12.1 Å². The number of non-ortho nitro benzene ring substituents is 1. The van der Waals surface area contributed by atoms with Gasteiger partial charge in [-0.1, -0.05) is 0 Å². The zero-order valence-electron chi connectivity index (χ0n) is 13.8. The van der Waals surface area contributed by atoms with Crippen molar-refractivity contribution in [2.75, 3.05) is 25.1 Å². The number of piperidine rings is 1. The SMILES string of the molecule is COC(=O)C(C)(C)C1CCCN(c2c(F)cc([N+](=O)[O-])cc2F)C1. The molecule has 1 aromatic carbocycles. The molecule has 1 unspecified atom stereocenters. The summed E-state index contributed by atoms with van der Waals surface area (Å²) in [4.78, 5) is 23.3. The molecule has 1 aliphatic heterocycles. The van der Waals surface area contributed by atoms with Crippen molar-refractivity contribution in [3.8, 4) is 0 Å². The van der Waals surface area contributed by atoms with E-state index in [1.165, 1.54) is 12.0 Å². The molecule has 6 nitrogen and oxygen atoms in total. The van der Waals surface area contributed by atoms with Crippen LogP contribution in [0.3, 0.4) is 0 Å². The first kappa shape index (κ1) is 18.1. The molecule has 0 radical (unpaired) electrons. The number of hydrogen-bond donors (Lipinski definition) is 0. The maximum Gasteiger partial charge on any atom is 0.311 e. The highest BCUT2D eigenvalue weighted by Crippen LogP contribution is 2.38. The van der Waals surface area contributed by atoms with Crippen LogP contribution in [-0.4, -0.2) is 31.1 Å². The van der Waals surface area contributed by atoms with E-state index in [1.807, 2.05) is 0 Å². The van der Waals surface area contributed by atoms with Crippen molar-refractivity contribution in [2.45, 2.75) is 26.7 Å². The lowest BCUT2D eigenvalue weighted by Gasteiger charge is -2.40. The second-order valence-electron chi connectivity index (χ2n) is 6.51. The van der Waals surface area contributed by atoms with Crippen LogP contribution in [0.4, 0.5) is 20.2 Å². The molecule has 1 heterocycles. The van der Waals surface area contributed by atoms with Crippen LogP contribution in [0.5, 0.6) is 0 Å². The first-order valence-corrected chi connectivity index (χ1v) is 7.65. The lowest BCUT2D eigenvalue weighted by molar-refractivity contribution is -0.385. The van der Waals surface area contributed by atoms with Gasteiger partial charge in [-0.25, -0.2) is 8.78 Å². The first-order chi connectivity index (χ1) is 11.2. The Bertz CT molecular complexity index is 640. The molecule has 8 heteroatoms. The van der Waals surface area contributed by atoms with Crippen molar-refractivity contribution in [1.29, 1.82) is 0 Å². The van der Waals surface area contributed by atoms with Gasteiger partial charge in [0.1, 0.15) is 5.69 Å². The fourth-order valence-electron chi connectivity index (χ4n) is 3.16. The number of nitro groups is 1. The smallest absolute Gasteiger partial charge is 0.311 e. The van der Waals surface area contributed by atoms with Gasteiger partial charge in [0.15, 0.2) is 11.6 Å². The number of nitro benzene ring substituents is 1. The number of carbonyl (C=O) groups is 1. The number of benzene rings is 1. The third-order valence-corrected chi connectivity index (χ3v) is 4.68. The fraction of sp³-hybridized carbons (Fsp3) is 0.562. The van der Waals surface area contributed by atoms with E-state index in [0.29, 0.717) is 25.1 Å². The molecule has 0 bridgehead atoms. The number of nitrogens with zero attached hydrogens (tertiary/aromatic N) is 2. The zero-order valence-corrected chi connectivity index (χ0v) is 13.8. The van der Waals surface area contributed by atoms with Crippen LogP contribution in [0, 0.1) is 33.1 Å². The minimum atomic E-state index is -0.974. The summed E-state index contributed by atoms with van der Waals surface area (Å²) in [7, 11) is 1.31. The minimum Gasteiger partial charge on any atom is -0.469 e. The van der Waals surface area contributed by atoms with Crippen LogP contribution in [0.2, 0.25) is 0 Å². The number of anilines is 1. The lowest BCUT2D eigenvalue weighted by atomic mass is 9.74. The van der Waals surface area contributed by atoms with E-state index in [2.05, 4.69) is 0 Å². The summed E-state index contributed by atoms with van der Waals surface area (Å²) < 4.78 is 33.3. The van der Waals surface area contributed by atoms with Gasteiger partial charge in [-0.3, -0.25) is 14.9 Å². The third kappa shape index (κ3) is 3.32. The maximum absolute atomic E-state index is 14.2. The van der Waals surface area contributed by atoms with Gasteiger partial charge in [-0.05, 0) is 32.6 Å². The van der Waals surface area contributed by atoms with Crippen molar-refractivity contribution < 1.29 is 23.2 Å². The Morgan fingerprint density at radius 2 is 1.96 bits per heavy atom. The maximum atomic E-state index is 14.2. The van der Waals surface area contributed by atoms with E-state index in [0.717, 1.165) is 6.42 Å². The molecule has 24 heavy (non-hydrogen) atoms. The molecule has 1 saturated heterocycles. The van der Waals surface area contributed by atoms with E-state index in [9.17, 15) is 23.7 Å². The zero-order chi connectivity index (χ0) is 18.1. The predicted molar refractivity (Wildman–Crippen MR) is 83.7 cm³/mol. The monoisotopic (exact) mass is 342 g/mol. The highest BCUT2D eigenvalue weighted by molar-refractivity contribution is 5.76. The van der Waals surface area contributed by atoms with Crippen LogP contribution < -0.4 is 4.90 Å². The van der Waals surface area contributed by atoms with Gasteiger partial charge in [0.05, 0.1) is 29.6 Å². The van der Waals surface area contributed by atoms with Crippen LogP contribution >= 0.6 is 0 Å². The number of ether oxygens (including phenoxy) is 1. The van der Waals surface area contributed by atoms with Gasteiger partial charge in [0.25, 0.3) is 5.69 Å². The average Bonchev–Trinajstić information content (AvgIpc) is 2.53. The molecular weight excluding hydrogens is 322 g/mol. The number of rotatable bonds is 4. The Morgan fingerprint density at radius 3 is 2.46 bits per heavy atom. The van der Waals surface area contributed by atoms with E-state index in [-0.39, 0.29) is 24.1 Å². The molecule has 0 amide bonds. The highest BCUT2D eigenvalue weighted by atomic mass is 19.1. The highest BCUT2D eigenvalue weighted by Gasteiger charge is 2.40. The van der Waals surface area contributed by atoms with E-state index in [4.69, 9.17) is 4.74 Å². The molecule has 1 aromatic rings. The Labute approximate surface area is 138 Å². The largest absolute Gasteiger partial charge is 0.469 e. The summed E-state index contributed by atoms with van der Waals surface area (Å²) in [6.07, 6.45) is 1.38. The van der Waals surface area contributed by atoms with Crippen molar-refractivity contribution in [1.82, 2.24) is 0 Å². The number of halogens is 2. The Morgan fingerprint density at radius 1 is 1.38 bits per heavy atom. The number of hydrogen-bond acceptors (Lipinski definition) is 5. The first-order valence-electron chi connectivity index (χ1n) is 7.65. The van der Waals surface area contributed by atoms with Crippen molar-refractivity contribution in [2.24, 2.45) is 11.3 Å². The minimum absolute atomic E-state index is 0.146. The molecule has 2 rings (SSSR count). The molecule has 0 N–H and O–H groups in total. The lowest BCUT2D eigenvalue weighted by Crippen LogP contribution is -2.45. The molecule has 1 fully saturated rings. The van der Waals surface area contributed by atoms with Crippen molar-refractivity contribution in [3.05, 3.63) is 33.9 Å². The summed E-state index contributed by atoms with van der Waals surface area (Å²) in [5.74, 6) is -2.47. The quantitative estimate of drug-likeness (QED) is 0.477. The molecule has 0 spiro atoms. The fourth-order valence-corrected chi connectivity index (χ4v) is 3.16. The molecular formula is C16H20F2N2O4. The second kappa shape index (κ2) is 6.70. The van der Waals surface area contributed by atoms with E-state index >= 15 is 0 Å². The Hall–Kier alpha value is -2.25. The standard InChI is InChI=1S/C16H20F2N2O4/c1-16(2,15(21)24-3)10-5-4-6-19(9-10)14-12(17)7-11(20(22)23)8-13(14)18/h7-8,10H,4-6,9H2,1-3H3. The van der Waals surface area contributed by atoms with Crippen molar-refractivity contribution in [3.63, 3.8) is 0 Å². The van der Waals surface area contributed by atoms with Gasteiger partial charge in [0.2, 0.25) is 0 Å². The Kier molecular flexibility index (Phi) is 5.05. The summed E-state index contributed by atoms with van der Waals surface area (Å²) in [5, 5.41) is 10.7. The normalized spacial score (nSPS) is 18.4. The molecule has 0 aliphatic carbocycles. The summed E-state index contributed by atoms with van der Waals surface area (Å²) in [6, 6.07) is 1.43. The summed E-state index contributed by atoms with van der Waals surface area (Å²) >= 11 is 0. The number of carbonyl (C=O) groups excluding carboxylic acids is 1. The van der Waals surface area contributed by atoms with Gasteiger partial charge < -0.3 is 9.64 Å². The van der Waals surface area contributed by atoms with Gasteiger partial charge in [-0.2, -0.15) is 0 Å². The molecule has 0 aromatic heterocycles. The Balaban J connectivity index is 2.30. The van der Waals surface area contributed by atoms with Crippen LogP contribution in [0.1, 0.15) is 26.7 Å². The van der Waals surface area contributed by atoms with E-state index in [1.54, 1.807) is 13.8 Å². The van der Waals surface area contributed by atoms with Gasteiger partial charge >= 0.3 is 5.97 Å². The summed E-state index contributed by atoms with van der Waals surface area (Å²) in [6.45, 7) is 4.18. The average molecular weight is 342 g/mol. The summed E-state index contributed by atoms with van der Waals surface area (Å²) in [5.41, 5.74) is -1.70. The number of methoxy groups -OCH3 is 1. The molecule has 132 valence electrons. The van der Waals surface area contributed by atoms with Crippen molar-refractivity contribution >= 4 is 17.3 Å². The van der Waals surface area contributed by atoms with Gasteiger partial charge in [0, 0.05) is 13.1 Å². The second-order valence-corrected chi connectivity index (χ2v) is 6.51. The predicted octanol–water partition coefficient (Wildman–Crippen LogP) is 3.29. The molecule has 0 saturated carbocycles.